The summed E-state index contributed by atoms with van der Waals surface area (Å²) in [6.07, 6.45) is 3.10. The van der Waals surface area contributed by atoms with E-state index in [1.807, 2.05) is 42.5 Å². The van der Waals surface area contributed by atoms with Gasteiger partial charge in [0.2, 0.25) is 0 Å². The maximum absolute atomic E-state index is 15.0. The Morgan fingerprint density at radius 1 is 1.00 bits per heavy atom. The van der Waals surface area contributed by atoms with Crippen LogP contribution >= 0.6 is 0 Å². The minimum atomic E-state index is -0.296. The lowest BCUT2D eigenvalue weighted by molar-refractivity contribution is 0.0993. The fourth-order valence-corrected chi connectivity index (χ4v) is 4.88. The van der Waals surface area contributed by atoms with E-state index < -0.39 is 0 Å². The van der Waals surface area contributed by atoms with Gasteiger partial charge in [-0.25, -0.2) is 4.39 Å². The fourth-order valence-electron chi connectivity index (χ4n) is 4.88. The van der Waals surface area contributed by atoms with Crippen LogP contribution in [0.5, 0.6) is 0 Å². The molecule has 5 rings (SSSR count). The van der Waals surface area contributed by atoms with Gasteiger partial charge in [-0.3, -0.25) is 4.79 Å². The molecule has 1 fully saturated rings. The second kappa shape index (κ2) is 9.55. The Bertz CT molecular complexity index is 1340. The number of hydrogen-bond donors (Lipinski definition) is 0. The average molecular weight is 471 g/mol. The van der Waals surface area contributed by atoms with E-state index in [2.05, 4.69) is 52.9 Å². The number of aromatic nitrogens is 1. The van der Waals surface area contributed by atoms with Crippen LogP contribution in [0.1, 0.15) is 22.3 Å². The van der Waals surface area contributed by atoms with E-state index in [4.69, 9.17) is 0 Å². The number of nitrogens with zero attached hydrogens (tertiary/aromatic N) is 4. The molecule has 180 valence electrons. The van der Waals surface area contributed by atoms with Crippen molar-refractivity contribution in [3.63, 3.8) is 0 Å². The number of benzene rings is 3. The quantitative estimate of drug-likeness (QED) is 0.386. The Balaban J connectivity index is 1.27. The zero-order valence-corrected chi connectivity index (χ0v) is 20.5. The summed E-state index contributed by atoms with van der Waals surface area (Å²) in [4.78, 5) is 18.9. The highest BCUT2D eigenvalue weighted by Crippen LogP contribution is 2.29. The molecule has 6 heteroatoms. The van der Waals surface area contributed by atoms with Crippen molar-refractivity contribution in [1.29, 1.82) is 0 Å². The summed E-state index contributed by atoms with van der Waals surface area (Å²) in [6.45, 7) is 2.37. The molecule has 2 heterocycles. The first kappa shape index (κ1) is 23.1. The molecule has 0 aliphatic carbocycles. The third kappa shape index (κ3) is 4.66. The highest BCUT2D eigenvalue weighted by Gasteiger charge is 2.26. The number of amides is 1. The summed E-state index contributed by atoms with van der Waals surface area (Å²) in [5.74, 6) is -0.459. The van der Waals surface area contributed by atoms with Gasteiger partial charge in [0.25, 0.3) is 5.91 Å². The van der Waals surface area contributed by atoms with Crippen LogP contribution in [0.4, 0.5) is 15.8 Å². The third-order valence-electron chi connectivity index (χ3n) is 7.09. The van der Waals surface area contributed by atoms with Gasteiger partial charge in [0.1, 0.15) is 5.82 Å². The van der Waals surface area contributed by atoms with Gasteiger partial charge in [0, 0.05) is 55.7 Å². The molecule has 1 amide bonds. The Morgan fingerprint density at radius 3 is 2.49 bits per heavy atom. The van der Waals surface area contributed by atoms with Gasteiger partial charge in [-0.05, 0) is 73.9 Å². The fraction of sp³-hybridized carbons (Fsp3) is 0.276. The summed E-state index contributed by atoms with van der Waals surface area (Å²) in [7, 11) is 5.81. The van der Waals surface area contributed by atoms with Gasteiger partial charge in [-0.1, -0.05) is 30.3 Å². The van der Waals surface area contributed by atoms with Gasteiger partial charge in [-0.15, -0.1) is 0 Å². The zero-order chi connectivity index (χ0) is 24.5. The number of carbonyl (C=O) groups excluding carboxylic acids is 1. The lowest BCUT2D eigenvalue weighted by atomic mass is 10.1. The van der Waals surface area contributed by atoms with Crippen LogP contribution in [0.25, 0.3) is 10.9 Å². The molecule has 4 aromatic rings. The topological polar surface area (TPSA) is 31.7 Å². The Labute approximate surface area is 206 Å². The molecule has 1 aliphatic rings. The molecule has 0 N–H and O–H groups in total. The number of rotatable bonds is 6. The first-order chi connectivity index (χ1) is 16.9. The molecule has 0 saturated carbocycles. The van der Waals surface area contributed by atoms with E-state index in [1.54, 1.807) is 13.1 Å². The Hall–Kier alpha value is -3.64. The van der Waals surface area contributed by atoms with Crippen molar-refractivity contribution in [2.45, 2.75) is 19.0 Å². The van der Waals surface area contributed by atoms with Crippen LogP contribution in [0.2, 0.25) is 0 Å². The molecule has 35 heavy (non-hydrogen) atoms. The molecule has 0 spiro atoms. The minimum absolute atomic E-state index is 0.163. The third-order valence-corrected chi connectivity index (χ3v) is 7.09. The maximum atomic E-state index is 15.0. The van der Waals surface area contributed by atoms with Crippen molar-refractivity contribution in [2.75, 3.05) is 44.0 Å². The molecule has 1 unspecified atom stereocenters. The second-order valence-electron chi connectivity index (χ2n) is 9.55. The molecule has 0 radical (unpaired) electrons. The predicted molar refractivity (Wildman–Crippen MR) is 141 cm³/mol. The number of para-hydroxylation sites is 1. The van der Waals surface area contributed by atoms with E-state index in [-0.39, 0.29) is 11.7 Å². The van der Waals surface area contributed by atoms with Crippen LogP contribution in [-0.4, -0.2) is 55.6 Å². The van der Waals surface area contributed by atoms with Crippen molar-refractivity contribution in [2.24, 2.45) is 0 Å². The Morgan fingerprint density at radius 2 is 1.77 bits per heavy atom. The van der Waals surface area contributed by atoms with E-state index in [0.717, 1.165) is 31.6 Å². The normalized spacial score (nSPS) is 15.8. The van der Waals surface area contributed by atoms with Crippen molar-refractivity contribution >= 4 is 28.2 Å². The average Bonchev–Trinajstić information content (AvgIpc) is 3.52. The summed E-state index contributed by atoms with van der Waals surface area (Å²) < 4.78 is 17.2. The minimum Gasteiger partial charge on any atom is -0.368 e. The van der Waals surface area contributed by atoms with Crippen LogP contribution in [-0.2, 0) is 6.54 Å². The predicted octanol–water partition coefficient (Wildman–Crippen LogP) is 5.25. The highest BCUT2D eigenvalue weighted by atomic mass is 19.1. The van der Waals surface area contributed by atoms with Crippen molar-refractivity contribution in [3.05, 3.63) is 95.9 Å². The zero-order valence-electron chi connectivity index (χ0n) is 20.5. The number of fused-ring (bicyclic) bond motifs is 1. The summed E-state index contributed by atoms with van der Waals surface area (Å²) in [6, 6.07) is 23.5. The molecule has 1 aliphatic heterocycles. The lowest BCUT2D eigenvalue weighted by Gasteiger charge is -2.24. The summed E-state index contributed by atoms with van der Waals surface area (Å²) in [5.41, 5.74) is 4.02. The number of halogens is 1. The summed E-state index contributed by atoms with van der Waals surface area (Å²) in [5, 5.41) is 1.21. The Kier molecular flexibility index (Phi) is 6.31. The molecule has 3 aromatic carbocycles. The second-order valence-corrected chi connectivity index (χ2v) is 9.55. The molecule has 1 aromatic heterocycles. The molecular formula is C29H31FN4O. The number of carbonyl (C=O) groups is 1. The largest absolute Gasteiger partial charge is 0.368 e. The van der Waals surface area contributed by atoms with Crippen LogP contribution < -0.4 is 9.80 Å². The summed E-state index contributed by atoms with van der Waals surface area (Å²) >= 11 is 0. The van der Waals surface area contributed by atoms with Gasteiger partial charge in [0.05, 0.1) is 5.69 Å². The molecular weight excluding hydrogens is 439 g/mol. The SMILES string of the molecule is CN(C(=O)c1ccc(Cn2ccc3ccccc32)cc1)c1ccc(N2CCC(N(C)C)C2)c(F)c1. The van der Waals surface area contributed by atoms with Crippen LogP contribution in [0.15, 0.2) is 79.0 Å². The molecule has 1 saturated heterocycles. The molecule has 1 atom stereocenters. The lowest BCUT2D eigenvalue weighted by Crippen LogP contribution is -2.31. The van der Waals surface area contributed by atoms with Gasteiger partial charge >= 0.3 is 0 Å². The van der Waals surface area contributed by atoms with Crippen LogP contribution in [0, 0.1) is 5.82 Å². The first-order valence-electron chi connectivity index (χ1n) is 12.0. The van der Waals surface area contributed by atoms with Crippen LogP contribution in [0.3, 0.4) is 0 Å². The standard InChI is InChI=1S/C29H31FN4O/c1-31(2)25-15-17-34(20-25)28-13-12-24(18-26(28)30)32(3)29(35)23-10-8-21(9-11-23)19-33-16-14-22-6-4-5-7-27(22)33/h4-14,16,18,25H,15,17,19-20H2,1-3H3. The van der Waals surface area contributed by atoms with E-state index in [9.17, 15) is 4.79 Å². The van der Waals surface area contributed by atoms with Gasteiger partial charge in [0.15, 0.2) is 0 Å². The number of hydrogen-bond acceptors (Lipinski definition) is 3. The monoisotopic (exact) mass is 470 g/mol. The molecule has 0 bridgehead atoms. The number of likely N-dealkylation sites (N-methyl/N-ethyl adjacent to an activating group) is 1. The molecule has 5 nitrogen and oxygen atoms in total. The van der Waals surface area contributed by atoms with Gasteiger partial charge in [-0.2, -0.15) is 0 Å². The van der Waals surface area contributed by atoms with E-state index in [1.165, 1.54) is 21.9 Å². The van der Waals surface area contributed by atoms with Crippen molar-refractivity contribution in [3.8, 4) is 0 Å². The van der Waals surface area contributed by atoms with Crippen molar-refractivity contribution < 1.29 is 9.18 Å². The smallest absolute Gasteiger partial charge is 0.258 e. The van der Waals surface area contributed by atoms with E-state index >= 15 is 4.39 Å². The first-order valence-corrected chi connectivity index (χ1v) is 12.0. The maximum Gasteiger partial charge on any atom is 0.258 e. The number of anilines is 2. The highest BCUT2D eigenvalue weighted by molar-refractivity contribution is 6.05. The van der Waals surface area contributed by atoms with Crippen molar-refractivity contribution in [1.82, 2.24) is 9.47 Å². The van der Waals surface area contributed by atoms with Gasteiger partial charge < -0.3 is 19.3 Å². The van der Waals surface area contributed by atoms with E-state index in [0.29, 0.717) is 23.0 Å².